The van der Waals surface area contributed by atoms with E-state index in [0.29, 0.717) is 18.3 Å². The highest BCUT2D eigenvalue weighted by Gasteiger charge is 2.29. The van der Waals surface area contributed by atoms with Crippen LogP contribution in [0.3, 0.4) is 0 Å². The summed E-state index contributed by atoms with van der Waals surface area (Å²) < 4.78 is 0. The van der Waals surface area contributed by atoms with E-state index in [1.807, 2.05) is 0 Å². The Morgan fingerprint density at radius 3 is 2.79 bits per heavy atom. The molecule has 1 aromatic carbocycles. The second-order valence-corrected chi connectivity index (χ2v) is 5.47. The van der Waals surface area contributed by atoms with Gasteiger partial charge in [-0.2, -0.15) is 0 Å². The first-order valence-corrected chi connectivity index (χ1v) is 6.86. The molecular weight excluding hydrogens is 238 g/mol. The maximum atomic E-state index is 8.62. The van der Waals surface area contributed by atoms with Crippen LogP contribution in [0, 0.1) is 13.8 Å². The van der Waals surface area contributed by atoms with Crippen molar-refractivity contribution in [3.05, 3.63) is 34.9 Å². The van der Waals surface area contributed by atoms with Gasteiger partial charge < -0.3 is 10.9 Å². The van der Waals surface area contributed by atoms with Crippen LogP contribution in [0.4, 0.5) is 0 Å². The van der Waals surface area contributed by atoms with Gasteiger partial charge in [0.15, 0.2) is 0 Å². The third kappa shape index (κ3) is 3.96. The Morgan fingerprint density at radius 1 is 1.42 bits per heavy atom. The molecule has 0 unspecified atom stereocenters. The fraction of sp³-hybridized carbons (Fsp3) is 0.533. The predicted octanol–water partition coefficient (Wildman–Crippen LogP) is 2.40. The molecule has 1 fully saturated rings. The zero-order valence-corrected chi connectivity index (χ0v) is 11.8. The molecule has 4 heteroatoms. The van der Waals surface area contributed by atoms with Crippen molar-refractivity contribution in [1.29, 1.82) is 0 Å². The first kappa shape index (κ1) is 13.9. The Kier molecular flexibility index (Phi) is 4.43. The summed E-state index contributed by atoms with van der Waals surface area (Å²) in [6, 6.07) is 7.26. The molecular formula is C15H23N3O. The minimum absolute atomic E-state index is 0.312. The van der Waals surface area contributed by atoms with Crippen LogP contribution in [0.2, 0.25) is 0 Å². The lowest BCUT2D eigenvalue weighted by atomic mass is 10.0. The molecule has 104 valence electrons. The lowest BCUT2D eigenvalue weighted by molar-refractivity contribution is 0.259. The maximum Gasteiger partial charge on any atom is 0.140 e. The van der Waals surface area contributed by atoms with Gasteiger partial charge in [0.25, 0.3) is 0 Å². The predicted molar refractivity (Wildman–Crippen MR) is 77.4 cm³/mol. The standard InChI is InChI=1S/C15H23N3O/c1-11-3-4-12(2)13(9-11)10-18(14-5-6-14)8-7-15(16)17-19/h3-4,9,14,19H,5-8,10H2,1-2H3,(H2,16,17). The van der Waals surface area contributed by atoms with Gasteiger partial charge >= 0.3 is 0 Å². The molecule has 0 amide bonds. The van der Waals surface area contributed by atoms with Crippen molar-refractivity contribution in [2.24, 2.45) is 10.9 Å². The average molecular weight is 261 g/mol. The van der Waals surface area contributed by atoms with Crippen molar-refractivity contribution in [3.63, 3.8) is 0 Å². The highest BCUT2D eigenvalue weighted by molar-refractivity contribution is 5.79. The number of benzene rings is 1. The number of nitrogens with two attached hydrogens (primary N) is 1. The Labute approximate surface area is 114 Å². The molecule has 0 radical (unpaired) electrons. The Hall–Kier alpha value is -1.55. The van der Waals surface area contributed by atoms with Crippen LogP contribution in [0.25, 0.3) is 0 Å². The van der Waals surface area contributed by atoms with E-state index in [-0.39, 0.29) is 0 Å². The topological polar surface area (TPSA) is 61.8 Å². The van der Waals surface area contributed by atoms with E-state index in [0.717, 1.165) is 13.1 Å². The Bertz CT molecular complexity index is 466. The molecule has 0 aromatic heterocycles. The second-order valence-electron chi connectivity index (χ2n) is 5.47. The van der Waals surface area contributed by atoms with Crippen LogP contribution in [0.1, 0.15) is 36.0 Å². The molecule has 4 nitrogen and oxygen atoms in total. The van der Waals surface area contributed by atoms with E-state index >= 15 is 0 Å². The van der Waals surface area contributed by atoms with Crippen LogP contribution in [-0.4, -0.2) is 28.5 Å². The van der Waals surface area contributed by atoms with E-state index < -0.39 is 0 Å². The molecule has 1 aromatic rings. The molecule has 19 heavy (non-hydrogen) atoms. The van der Waals surface area contributed by atoms with Gasteiger partial charge in [-0.25, -0.2) is 0 Å². The summed E-state index contributed by atoms with van der Waals surface area (Å²) in [5, 5.41) is 11.7. The third-order valence-electron chi connectivity index (χ3n) is 3.72. The van der Waals surface area contributed by atoms with Crippen molar-refractivity contribution in [2.75, 3.05) is 6.54 Å². The SMILES string of the molecule is Cc1ccc(C)c(CN(CC/C(N)=N/O)C2CC2)c1. The Balaban J connectivity index is 2.02. The monoisotopic (exact) mass is 261 g/mol. The summed E-state index contributed by atoms with van der Waals surface area (Å²) in [5.74, 6) is 0.312. The van der Waals surface area contributed by atoms with Crippen molar-refractivity contribution in [2.45, 2.75) is 45.7 Å². The smallest absolute Gasteiger partial charge is 0.140 e. The summed E-state index contributed by atoms with van der Waals surface area (Å²) in [5.41, 5.74) is 9.58. The number of amidine groups is 1. The Morgan fingerprint density at radius 2 is 2.16 bits per heavy atom. The molecule has 0 aliphatic heterocycles. The molecule has 0 spiro atoms. The minimum Gasteiger partial charge on any atom is -0.409 e. The van der Waals surface area contributed by atoms with Crippen LogP contribution in [-0.2, 0) is 6.54 Å². The highest BCUT2D eigenvalue weighted by atomic mass is 16.4. The van der Waals surface area contributed by atoms with E-state index in [1.54, 1.807) is 0 Å². The van der Waals surface area contributed by atoms with Crippen LogP contribution in [0.5, 0.6) is 0 Å². The molecule has 3 N–H and O–H groups in total. The maximum absolute atomic E-state index is 8.62. The summed E-state index contributed by atoms with van der Waals surface area (Å²) in [6.07, 6.45) is 3.15. The average Bonchev–Trinajstić information content (AvgIpc) is 3.22. The number of hydrogen-bond acceptors (Lipinski definition) is 3. The lowest BCUT2D eigenvalue weighted by Crippen LogP contribution is -2.30. The van der Waals surface area contributed by atoms with Gasteiger partial charge in [-0.3, -0.25) is 4.90 Å². The molecule has 0 heterocycles. The molecule has 1 aliphatic carbocycles. The second kappa shape index (κ2) is 6.06. The zero-order valence-electron chi connectivity index (χ0n) is 11.8. The number of oxime groups is 1. The quantitative estimate of drug-likeness (QED) is 0.358. The van der Waals surface area contributed by atoms with Crippen molar-refractivity contribution in [3.8, 4) is 0 Å². The lowest BCUT2D eigenvalue weighted by Gasteiger charge is -2.23. The van der Waals surface area contributed by atoms with Gasteiger partial charge in [-0.15, -0.1) is 0 Å². The van der Waals surface area contributed by atoms with Crippen molar-refractivity contribution < 1.29 is 5.21 Å². The van der Waals surface area contributed by atoms with Gasteiger partial charge in [0, 0.05) is 25.6 Å². The minimum atomic E-state index is 0.312. The van der Waals surface area contributed by atoms with Crippen LogP contribution < -0.4 is 5.73 Å². The highest BCUT2D eigenvalue weighted by Crippen LogP contribution is 2.29. The van der Waals surface area contributed by atoms with E-state index in [9.17, 15) is 0 Å². The summed E-state index contributed by atoms with van der Waals surface area (Å²) in [7, 11) is 0. The van der Waals surface area contributed by atoms with Crippen molar-refractivity contribution in [1.82, 2.24) is 4.90 Å². The van der Waals surface area contributed by atoms with E-state index in [1.165, 1.54) is 29.5 Å². The molecule has 0 bridgehead atoms. The van der Waals surface area contributed by atoms with Crippen LogP contribution >= 0.6 is 0 Å². The van der Waals surface area contributed by atoms with Gasteiger partial charge in [0.2, 0.25) is 0 Å². The van der Waals surface area contributed by atoms with E-state index in [4.69, 9.17) is 10.9 Å². The molecule has 1 saturated carbocycles. The first-order chi connectivity index (χ1) is 9.10. The van der Waals surface area contributed by atoms with Crippen molar-refractivity contribution >= 4 is 5.84 Å². The summed E-state index contributed by atoms with van der Waals surface area (Å²) in [4.78, 5) is 2.44. The molecule has 2 rings (SSSR count). The largest absolute Gasteiger partial charge is 0.409 e. The molecule has 1 aliphatic rings. The number of aryl methyl sites for hydroxylation is 2. The van der Waals surface area contributed by atoms with E-state index in [2.05, 4.69) is 42.1 Å². The molecule has 0 saturated heterocycles. The summed E-state index contributed by atoms with van der Waals surface area (Å²) >= 11 is 0. The number of hydrogen-bond donors (Lipinski definition) is 2. The molecule has 0 atom stereocenters. The normalized spacial score (nSPS) is 16.1. The first-order valence-electron chi connectivity index (χ1n) is 6.86. The van der Waals surface area contributed by atoms with Gasteiger partial charge in [0.1, 0.15) is 5.84 Å². The van der Waals surface area contributed by atoms with Crippen LogP contribution in [0.15, 0.2) is 23.4 Å². The van der Waals surface area contributed by atoms with Gasteiger partial charge in [-0.1, -0.05) is 28.9 Å². The zero-order chi connectivity index (χ0) is 13.8. The third-order valence-corrected chi connectivity index (χ3v) is 3.72. The fourth-order valence-corrected chi connectivity index (χ4v) is 2.33. The number of nitrogens with zero attached hydrogens (tertiary/aromatic N) is 2. The number of rotatable bonds is 6. The fourth-order valence-electron chi connectivity index (χ4n) is 2.33. The summed E-state index contributed by atoms with van der Waals surface area (Å²) in [6.45, 7) is 6.09. The van der Waals surface area contributed by atoms with Gasteiger partial charge in [-0.05, 0) is 37.8 Å². The van der Waals surface area contributed by atoms with Gasteiger partial charge in [0.05, 0.1) is 0 Å².